The van der Waals surface area contributed by atoms with E-state index in [0.29, 0.717) is 6.42 Å². The van der Waals surface area contributed by atoms with Gasteiger partial charge in [-0.15, -0.1) is 0 Å². The number of nitrogens with two attached hydrogens (primary N) is 2. The highest BCUT2D eigenvalue weighted by atomic mass is 16.2. The number of hydrogen-bond acceptors (Lipinski definition) is 4. The maximum atomic E-state index is 11.4. The van der Waals surface area contributed by atoms with Crippen molar-refractivity contribution < 1.29 is 4.79 Å². The van der Waals surface area contributed by atoms with Crippen LogP contribution < -0.4 is 22.3 Å². The van der Waals surface area contributed by atoms with Gasteiger partial charge in [-0.1, -0.05) is 67.7 Å². The van der Waals surface area contributed by atoms with Crippen LogP contribution in [0.2, 0.25) is 0 Å². The van der Waals surface area contributed by atoms with Gasteiger partial charge >= 0.3 is 0 Å². The average molecular weight is 361 g/mol. The molecular weight excluding hydrogens is 324 g/mol. The van der Waals surface area contributed by atoms with Crippen LogP contribution in [0.15, 0.2) is 60.8 Å². The maximum Gasteiger partial charge on any atom is 0.234 e. The summed E-state index contributed by atoms with van der Waals surface area (Å²) in [4.78, 5) is 11.4. The Balaban J connectivity index is 3.51. The molecule has 0 saturated heterocycles. The Bertz CT molecular complexity index is 476. The second kappa shape index (κ2) is 19.4. The average Bonchev–Trinajstić information content (AvgIpc) is 2.62. The van der Waals surface area contributed by atoms with E-state index in [-0.39, 0.29) is 5.91 Å². The van der Waals surface area contributed by atoms with Crippen LogP contribution in [0.25, 0.3) is 0 Å². The predicted molar refractivity (Wildman–Crippen MR) is 112 cm³/mol. The Morgan fingerprint density at radius 2 is 1.27 bits per heavy atom. The van der Waals surface area contributed by atoms with Crippen LogP contribution in [-0.2, 0) is 4.79 Å². The predicted octanol–water partition coefficient (Wildman–Crippen LogP) is 3.73. The number of hydrazine groups is 1. The first-order chi connectivity index (χ1) is 12.7. The van der Waals surface area contributed by atoms with Crippen LogP contribution in [0.1, 0.15) is 58.3 Å². The van der Waals surface area contributed by atoms with Gasteiger partial charge in [0.2, 0.25) is 5.91 Å². The van der Waals surface area contributed by atoms with Gasteiger partial charge in [0.25, 0.3) is 0 Å². The number of carbonyl (C=O) groups is 1. The summed E-state index contributed by atoms with van der Waals surface area (Å²) in [6, 6.07) is 0. The molecule has 0 unspecified atom stereocenters. The number of amides is 1. The van der Waals surface area contributed by atoms with Crippen LogP contribution in [0.3, 0.4) is 0 Å². The standard InChI is InChI=1S/C21H36N4O/c1-2-3-4-5-6-7-8-9-10-11-12-13-14-15-16-17-18-19-20(26)24-25-21(22)23/h3-4,6-7,9-10,12-13,15-16,21,25H,2,5,8,11,14,17-19,22-23H2,1H3,(H,24,26)/b4-3+,7-6+,10-9+,13-12+,16-15+. The van der Waals surface area contributed by atoms with Gasteiger partial charge in [0.05, 0.1) is 0 Å². The van der Waals surface area contributed by atoms with Gasteiger partial charge in [-0.2, -0.15) is 0 Å². The van der Waals surface area contributed by atoms with Gasteiger partial charge in [-0.05, 0) is 44.9 Å². The molecule has 0 radical (unpaired) electrons. The summed E-state index contributed by atoms with van der Waals surface area (Å²) in [7, 11) is 0. The molecule has 5 nitrogen and oxygen atoms in total. The highest BCUT2D eigenvalue weighted by Gasteiger charge is 1.99. The van der Waals surface area contributed by atoms with Crippen LogP contribution >= 0.6 is 0 Å². The second-order valence-corrected chi connectivity index (χ2v) is 5.82. The van der Waals surface area contributed by atoms with Crippen molar-refractivity contribution in [2.75, 3.05) is 0 Å². The molecule has 5 heteroatoms. The summed E-state index contributed by atoms with van der Waals surface area (Å²) in [6.45, 7) is 2.15. The van der Waals surface area contributed by atoms with Crippen molar-refractivity contribution in [2.45, 2.75) is 64.6 Å². The molecule has 0 aromatic heterocycles. The monoisotopic (exact) mass is 360 g/mol. The van der Waals surface area contributed by atoms with Gasteiger partial charge in [0.1, 0.15) is 6.29 Å². The van der Waals surface area contributed by atoms with Crippen LogP contribution in [0, 0.1) is 0 Å². The number of carbonyl (C=O) groups excluding carboxylic acids is 1. The third kappa shape index (κ3) is 20.1. The van der Waals surface area contributed by atoms with E-state index < -0.39 is 6.29 Å². The lowest BCUT2D eigenvalue weighted by atomic mass is 10.2. The van der Waals surface area contributed by atoms with Gasteiger partial charge in [0, 0.05) is 6.42 Å². The van der Waals surface area contributed by atoms with E-state index >= 15 is 0 Å². The minimum atomic E-state index is -0.732. The SMILES string of the molecule is CC/C=C/C/C=C/C/C=C/C/C=C/C/C=C/CCCC(=O)NNC(N)N. The third-order valence-corrected chi connectivity index (χ3v) is 3.31. The molecule has 146 valence electrons. The van der Waals surface area contributed by atoms with E-state index in [1.165, 1.54) is 0 Å². The summed E-state index contributed by atoms with van der Waals surface area (Å²) in [5, 5.41) is 0. The first kappa shape index (κ1) is 24.1. The third-order valence-electron chi connectivity index (χ3n) is 3.31. The van der Waals surface area contributed by atoms with Gasteiger partial charge in [-0.25, -0.2) is 5.43 Å². The fraction of sp³-hybridized carbons (Fsp3) is 0.476. The van der Waals surface area contributed by atoms with Crippen molar-refractivity contribution in [3.05, 3.63) is 60.8 Å². The summed E-state index contributed by atoms with van der Waals surface area (Å²) >= 11 is 0. The van der Waals surface area contributed by atoms with E-state index in [2.05, 4.69) is 78.5 Å². The van der Waals surface area contributed by atoms with Crippen molar-refractivity contribution in [1.29, 1.82) is 0 Å². The largest absolute Gasteiger partial charge is 0.302 e. The minimum absolute atomic E-state index is 0.0988. The zero-order valence-corrected chi connectivity index (χ0v) is 16.1. The first-order valence-electron chi connectivity index (χ1n) is 9.47. The lowest BCUT2D eigenvalue weighted by Gasteiger charge is -2.09. The molecule has 0 aliphatic rings. The molecule has 0 saturated carbocycles. The molecule has 0 aromatic carbocycles. The molecule has 0 aliphatic carbocycles. The molecule has 6 N–H and O–H groups in total. The van der Waals surface area contributed by atoms with Crippen molar-refractivity contribution in [3.8, 4) is 0 Å². The quantitative estimate of drug-likeness (QED) is 0.155. The zero-order chi connectivity index (χ0) is 19.3. The Labute approximate surface area is 159 Å². The number of rotatable bonds is 15. The molecule has 26 heavy (non-hydrogen) atoms. The van der Waals surface area contributed by atoms with Gasteiger partial charge in [0.15, 0.2) is 0 Å². The van der Waals surface area contributed by atoms with E-state index in [4.69, 9.17) is 11.5 Å². The minimum Gasteiger partial charge on any atom is -0.302 e. The normalized spacial score (nSPS) is 12.8. The topological polar surface area (TPSA) is 93.2 Å². The summed E-state index contributed by atoms with van der Waals surface area (Å²) < 4.78 is 0. The maximum absolute atomic E-state index is 11.4. The molecule has 0 atom stereocenters. The Morgan fingerprint density at radius 3 is 1.73 bits per heavy atom. The number of allylic oxidation sites excluding steroid dienone is 10. The Morgan fingerprint density at radius 1 is 0.808 bits per heavy atom. The molecule has 0 heterocycles. The molecular formula is C21H36N4O. The summed E-state index contributed by atoms with van der Waals surface area (Å²) in [5.41, 5.74) is 15.4. The molecule has 1 amide bonds. The molecule has 0 spiro atoms. The Kier molecular flexibility index (Phi) is 17.9. The molecule has 0 bridgehead atoms. The second-order valence-electron chi connectivity index (χ2n) is 5.82. The highest BCUT2D eigenvalue weighted by molar-refractivity contribution is 5.75. The number of hydrogen-bond donors (Lipinski definition) is 4. The summed E-state index contributed by atoms with van der Waals surface area (Å²) in [6.07, 6.45) is 28.1. The van der Waals surface area contributed by atoms with E-state index in [1.54, 1.807) is 0 Å². The molecule has 0 aromatic rings. The smallest absolute Gasteiger partial charge is 0.234 e. The fourth-order valence-corrected chi connectivity index (χ4v) is 1.98. The van der Waals surface area contributed by atoms with Crippen molar-refractivity contribution in [1.82, 2.24) is 10.9 Å². The molecule has 0 rings (SSSR count). The van der Waals surface area contributed by atoms with Crippen molar-refractivity contribution in [3.63, 3.8) is 0 Å². The van der Waals surface area contributed by atoms with E-state index in [9.17, 15) is 4.79 Å². The van der Waals surface area contributed by atoms with E-state index in [0.717, 1.165) is 44.9 Å². The van der Waals surface area contributed by atoms with Crippen LogP contribution in [0.4, 0.5) is 0 Å². The lowest BCUT2D eigenvalue weighted by molar-refractivity contribution is -0.122. The lowest BCUT2D eigenvalue weighted by Crippen LogP contribution is -2.53. The molecule has 0 fully saturated rings. The first-order valence-corrected chi connectivity index (χ1v) is 9.47. The number of nitrogens with one attached hydrogen (secondary N) is 2. The van der Waals surface area contributed by atoms with Gasteiger partial charge < -0.3 is 11.5 Å². The highest BCUT2D eigenvalue weighted by Crippen LogP contribution is 1.99. The van der Waals surface area contributed by atoms with Crippen molar-refractivity contribution >= 4 is 5.91 Å². The number of unbranched alkanes of at least 4 members (excludes halogenated alkanes) is 1. The van der Waals surface area contributed by atoms with E-state index in [1.807, 2.05) is 0 Å². The summed E-state index contributed by atoms with van der Waals surface area (Å²) in [5.74, 6) is -0.0988. The van der Waals surface area contributed by atoms with Crippen molar-refractivity contribution in [2.24, 2.45) is 11.5 Å². The van der Waals surface area contributed by atoms with Gasteiger partial charge in [-0.3, -0.25) is 10.2 Å². The van der Waals surface area contributed by atoms with Crippen LogP contribution in [0.5, 0.6) is 0 Å². The van der Waals surface area contributed by atoms with Crippen LogP contribution in [-0.4, -0.2) is 12.2 Å². The Hall–Kier alpha value is -1.95. The zero-order valence-electron chi connectivity index (χ0n) is 16.1. The fourth-order valence-electron chi connectivity index (χ4n) is 1.98. The molecule has 0 aliphatic heterocycles.